The van der Waals surface area contributed by atoms with Crippen LogP contribution in [0.15, 0.2) is 42.5 Å². The predicted molar refractivity (Wildman–Crippen MR) is 104 cm³/mol. The molecule has 144 valence electrons. The Balaban J connectivity index is 1.78. The zero-order valence-corrected chi connectivity index (χ0v) is 16.2. The number of carbonyl (C=O) groups excluding carboxylic acids is 2. The molecule has 0 aliphatic carbocycles. The largest absolute Gasteiger partial charge is 0.493 e. The smallest absolute Gasteiger partial charge is 0.276 e. The second-order valence-electron chi connectivity index (χ2n) is 6.84. The van der Waals surface area contributed by atoms with Gasteiger partial charge in [0.15, 0.2) is 6.61 Å². The molecule has 0 bridgehead atoms. The van der Waals surface area contributed by atoms with Crippen LogP contribution >= 0.6 is 0 Å². The SMILES string of the molecule is Cc1cc(C)cc(OCC(=O)NNC(=O)c2ccc(OCC(C)C)cc2)c1. The van der Waals surface area contributed by atoms with Gasteiger partial charge in [0, 0.05) is 5.56 Å². The maximum Gasteiger partial charge on any atom is 0.276 e. The van der Waals surface area contributed by atoms with Crippen LogP contribution in [0.25, 0.3) is 0 Å². The number of aryl methyl sites for hydroxylation is 2. The van der Waals surface area contributed by atoms with Gasteiger partial charge in [-0.05, 0) is 67.3 Å². The molecule has 0 unspecified atom stereocenters. The lowest BCUT2D eigenvalue weighted by Crippen LogP contribution is -2.43. The van der Waals surface area contributed by atoms with E-state index in [4.69, 9.17) is 9.47 Å². The summed E-state index contributed by atoms with van der Waals surface area (Å²) in [5.41, 5.74) is 7.24. The summed E-state index contributed by atoms with van der Waals surface area (Å²) in [5, 5.41) is 0. The molecule has 0 heterocycles. The van der Waals surface area contributed by atoms with Gasteiger partial charge in [0.25, 0.3) is 11.8 Å². The lowest BCUT2D eigenvalue weighted by Gasteiger charge is -2.11. The fourth-order valence-corrected chi connectivity index (χ4v) is 2.37. The molecule has 2 N–H and O–H groups in total. The molecule has 6 nitrogen and oxygen atoms in total. The standard InChI is InChI=1S/C21H26N2O4/c1-14(2)12-26-18-7-5-17(6-8-18)21(25)23-22-20(24)13-27-19-10-15(3)9-16(4)11-19/h5-11,14H,12-13H2,1-4H3,(H,22,24)(H,23,25). The number of benzene rings is 2. The monoisotopic (exact) mass is 370 g/mol. The van der Waals surface area contributed by atoms with Crippen LogP contribution in [-0.2, 0) is 4.79 Å². The van der Waals surface area contributed by atoms with Crippen molar-refractivity contribution in [3.63, 3.8) is 0 Å². The van der Waals surface area contributed by atoms with Crippen LogP contribution < -0.4 is 20.3 Å². The topological polar surface area (TPSA) is 76.7 Å². The summed E-state index contributed by atoms with van der Waals surface area (Å²) in [4.78, 5) is 23.9. The number of hydrazine groups is 1. The Morgan fingerprint density at radius 3 is 2.11 bits per heavy atom. The lowest BCUT2D eigenvalue weighted by molar-refractivity contribution is -0.123. The predicted octanol–water partition coefficient (Wildman–Crippen LogP) is 3.18. The average molecular weight is 370 g/mol. The molecular formula is C21H26N2O4. The quantitative estimate of drug-likeness (QED) is 0.734. The van der Waals surface area contributed by atoms with Crippen molar-refractivity contribution in [2.24, 2.45) is 5.92 Å². The van der Waals surface area contributed by atoms with Crippen LogP contribution in [0, 0.1) is 19.8 Å². The molecule has 2 aromatic carbocycles. The molecule has 0 spiro atoms. The van der Waals surface area contributed by atoms with Crippen molar-refractivity contribution in [1.29, 1.82) is 0 Å². The van der Waals surface area contributed by atoms with Crippen LogP contribution in [-0.4, -0.2) is 25.0 Å². The molecule has 2 amide bonds. The van der Waals surface area contributed by atoms with E-state index in [0.29, 0.717) is 29.6 Å². The van der Waals surface area contributed by atoms with Crippen molar-refractivity contribution < 1.29 is 19.1 Å². The first kappa shape index (κ1) is 20.3. The lowest BCUT2D eigenvalue weighted by atomic mass is 10.1. The fraction of sp³-hybridized carbons (Fsp3) is 0.333. The van der Waals surface area contributed by atoms with Crippen molar-refractivity contribution in [2.75, 3.05) is 13.2 Å². The van der Waals surface area contributed by atoms with E-state index in [1.807, 2.05) is 32.0 Å². The number of carbonyl (C=O) groups is 2. The van der Waals surface area contributed by atoms with Gasteiger partial charge in [0.2, 0.25) is 0 Å². The summed E-state index contributed by atoms with van der Waals surface area (Å²) in [7, 11) is 0. The summed E-state index contributed by atoms with van der Waals surface area (Å²) >= 11 is 0. The Bertz CT molecular complexity index is 765. The van der Waals surface area contributed by atoms with Crippen molar-refractivity contribution in [3.05, 3.63) is 59.2 Å². The number of hydrogen-bond acceptors (Lipinski definition) is 4. The highest BCUT2D eigenvalue weighted by atomic mass is 16.5. The maximum absolute atomic E-state index is 12.1. The van der Waals surface area contributed by atoms with Gasteiger partial charge in [-0.1, -0.05) is 19.9 Å². The first-order valence-electron chi connectivity index (χ1n) is 8.86. The molecule has 0 saturated carbocycles. The number of rotatable bonds is 7. The third-order valence-corrected chi connectivity index (χ3v) is 3.58. The third-order valence-electron chi connectivity index (χ3n) is 3.58. The zero-order chi connectivity index (χ0) is 19.8. The average Bonchev–Trinajstić information content (AvgIpc) is 2.62. The Kier molecular flexibility index (Phi) is 7.23. The van der Waals surface area contributed by atoms with Gasteiger partial charge < -0.3 is 9.47 Å². The van der Waals surface area contributed by atoms with E-state index in [1.54, 1.807) is 24.3 Å². The van der Waals surface area contributed by atoms with Gasteiger partial charge in [0.05, 0.1) is 6.61 Å². The van der Waals surface area contributed by atoms with Crippen LogP contribution in [0.2, 0.25) is 0 Å². The van der Waals surface area contributed by atoms with E-state index >= 15 is 0 Å². The summed E-state index contributed by atoms with van der Waals surface area (Å²) in [6.45, 7) is 8.47. The Hall–Kier alpha value is -3.02. The van der Waals surface area contributed by atoms with Gasteiger partial charge in [-0.25, -0.2) is 0 Å². The van der Waals surface area contributed by atoms with Crippen molar-refractivity contribution in [3.8, 4) is 11.5 Å². The minimum Gasteiger partial charge on any atom is -0.493 e. The highest BCUT2D eigenvalue weighted by molar-refractivity contribution is 5.95. The number of amides is 2. The van der Waals surface area contributed by atoms with Gasteiger partial charge in [0.1, 0.15) is 11.5 Å². The third kappa shape index (κ3) is 7.01. The Morgan fingerprint density at radius 2 is 1.52 bits per heavy atom. The molecule has 0 aliphatic rings. The van der Waals surface area contributed by atoms with Crippen LogP contribution in [0.1, 0.15) is 35.3 Å². The molecule has 0 saturated heterocycles. The molecule has 27 heavy (non-hydrogen) atoms. The fourth-order valence-electron chi connectivity index (χ4n) is 2.37. The second-order valence-corrected chi connectivity index (χ2v) is 6.84. The Morgan fingerprint density at radius 1 is 0.889 bits per heavy atom. The Labute approximate surface area is 159 Å². The van der Waals surface area contributed by atoms with Crippen LogP contribution in [0.4, 0.5) is 0 Å². The first-order chi connectivity index (χ1) is 12.8. The van der Waals surface area contributed by atoms with Crippen molar-refractivity contribution >= 4 is 11.8 Å². The summed E-state index contributed by atoms with van der Waals surface area (Å²) in [5.74, 6) is 0.885. The minimum atomic E-state index is -0.445. The molecule has 6 heteroatoms. The molecule has 0 radical (unpaired) electrons. The molecule has 2 aromatic rings. The number of hydrogen-bond donors (Lipinski definition) is 2. The van der Waals surface area contributed by atoms with E-state index in [2.05, 4.69) is 24.7 Å². The summed E-state index contributed by atoms with van der Waals surface area (Å²) in [6, 6.07) is 12.5. The summed E-state index contributed by atoms with van der Waals surface area (Å²) < 4.78 is 11.0. The first-order valence-corrected chi connectivity index (χ1v) is 8.86. The molecule has 0 aliphatic heterocycles. The molecule has 0 aromatic heterocycles. The van der Waals surface area contributed by atoms with Crippen LogP contribution in [0.3, 0.4) is 0 Å². The number of nitrogens with one attached hydrogen (secondary N) is 2. The van der Waals surface area contributed by atoms with E-state index in [1.165, 1.54) is 0 Å². The molecule has 0 atom stereocenters. The van der Waals surface area contributed by atoms with Gasteiger partial charge in [-0.3, -0.25) is 20.4 Å². The van der Waals surface area contributed by atoms with Gasteiger partial charge in [-0.2, -0.15) is 0 Å². The van der Waals surface area contributed by atoms with Crippen LogP contribution in [0.5, 0.6) is 11.5 Å². The molecule has 2 rings (SSSR count). The zero-order valence-electron chi connectivity index (χ0n) is 16.2. The van der Waals surface area contributed by atoms with Crippen molar-refractivity contribution in [2.45, 2.75) is 27.7 Å². The second kappa shape index (κ2) is 9.62. The highest BCUT2D eigenvalue weighted by Crippen LogP contribution is 2.16. The van der Waals surface area contributed by atoms with E-state index in [0.717, 1.165) is 11.1 Å². The summed E-state index contributed by atoms with van der Waals surface area (Å²) in [6.07, 6.45) is 0. The van der Waals surface area contributed by atoms with E-state index in [-0.39, 0.29) is 6.61 Å². The van der Waals surface area contributed by atoms with Crippen molar-refractivity contribution in [1.82, 2.24) is 10.9 Å². The van der Waals surface area contributed by atoms with Gasteiger partial charge >= 0.3 is 0 Å². The normalized spacial score (nSPS) is 10.4. The maximum atomic E-state index is 12.1. The van der Waals surface area contributed by atoms with E-state index in [9.17, 15) is 9.59 Å². The van der Waals surface area contributed by atoms with Gasteiger partial charge in [-0.15, -0.1) is 0 Å². The molecule has 0 fully saturated rings. The number of ether oxygens (including phenoxy) is 2. The highest BCUT2D eigenvalue weighted by Gasteiger charge is 2.09. The van der Waals surface area contributed by atoms with E-state index < -0.39 is 11.8 Å². The minimum absolute atomic E-state index is 0.189. The molecular weight excluding hydrogens is 344 g/mol.